The van der Waals surface area contributed by atoms with Crippen molar-refractivity contribution in [3.63, 3.8) is 0 Å². The Labute approximate surface area is 162 Å². The summed E-state index contributed by atoms with van der Waals surface area (Å²) in [5.41, 5.74) is 2.94. The van der Waals surface area contributed by atoms with Crippen molar-refractivity contribution < 1.29 is 14.3 Å². The number of hydrogen-bond donors (Lipinski definition) is 0. The van der Waals surface area contributed by atoms with E-state index in [2.05, 4.69) is 56.7 Å². The summed E-state index contributed by atoms with van der Waals surface area (Å²) in [6.07, 6.45) is 4.03. The molecule has 0 saturated carbocycles. The number of benzene rings is 1. The Morgan fingerprint density at radius 3 is 2.26 bits per heavy atom. The van der Waals surface area contributed by atoms with E-state index in [1.165, 1.54) is 12.7 Å². The molecule has 146 valence electrons. The minimum atomic E-state index is -0.516. The average molecular weight is 370 g/mol. The van der Waals surface area contributed by atoms with Crippen LogP contribution in [0.4, 0.5) is 0 Å². The SMILES string of the molecule is COC(=O)C(COc1nccnc1CC(C)C)c1ccc(C(C)(C)C)cc1. The first kappa shape index (κ1) is 20.9. The third-order valence-electron chi connectivity index (χ3n) is 4.39. The van der Waals surface area contributed by atoms with Crippen LogP contribution in [0.1, 0.15) is 57.4 Å². The molecule has 1 heterocycles. The molecule has 1 aromatic carbocycles. The Bertz CT molecular complexity index is 749. The van der Waals surface area contributed by atoms with Crippen LogP contribution < -0.4 is 4.74 Å². The van der Waals surface area contributed by atoms with Crippen molar-refractivity contribution in [2.75, 3.05) is 13.7 Å². The summed E-state index contributed by atoms with van der Waals surface area (Å²) >= 11 is 0. The zero-order valence-electron chi connectivity index (χ0n) is 17.2. The molecule has 1 atom stereocenters. The van der Waals surface area contributed by atoms with Crippen LogP contribution in [0.25, 0.3) is 0 Å². The first-order valence-corrected chi connectivity index (χ1v) is 9.33. The molecular formula is C22H30N2O3. The van der Waals surface area contributed by atoms with Crippen LogP contribution in [-0.2, 0) is 21.4 Å². The van der Waals surface area contributed by atoms with E-state index in [1.54, 1.807) is 12.4 Å². The van der Waals surface area contributed by atoms with Gasteiger partial charge in [0.05, 0.1) is 7.11 Å². The Morgan fingerprint density at radius 1 is 1.07 bits per heavy atom. The van der Waals surface area contributed by atoms with Crippen LogP contribution in [0.15, 0.2) is 36.7 Å². The number of ether oxygens (including phenoxy) is 2. The lowest BCUT2D eigenvalue weighted by Gasteiger charge is -2.21. The topological polar surface area (TPSA) is 61.3 Å². The maximum Gasteiger partial charge on any atom is 0.316 e. The molecule has 1 aromatic heterocycles. The second-order valence-corrected chi connectivity index (χ2v) is 8.16. The minimum absolute atomic E-state index is 0.0567. The van der Waals surface area contributed by atoms with Crippen molar-refractivity contribution >= 4 is 5.97 Å². The average Bonchev–Trinajstić information content (AvgIpc) is 2.62. The molecule has 0 radical (unpaired) electrons. The van der Waals surface area contributed by atoms with Gasteiger partial charge in [0.1, 0.15) is 18.2 Å². The van der Waals surface area contributed by atoms with Crippen molar-refractivity contribution in [2.24, 2.45) is 5.92 Å². The van der Waals surface area contributed by atoms with Crippen LogP contribution >= 0.6 is 0 Å². The van der Waals surface area contributed by atoms with Crippen LogP contribution in [0.3, 0.4) is 0 Å². The molecule has 5 nitrogen and oxygen atoms in total. The summed E-state index contributed by atoms with van der Waals surface area (Å²) < 4.78 is 10.9. The Balaban J connectivity index is 2.20. The van der Waals surface area contributed by atoms with Gasteiger partial charge in [0, 0.05) is 12.4 Å². The molecule has 0 fully saturated rings. The van der Waals surface area contributed by atoms with Crippen LogP contribution in [0.5, 0.6) is 5.88 Å². The molecule has 5 heteroatoms. The monoisotopic (exact) mass is 370 g/mol. The molecule has 0 amide bonds. The van der Waals surface area contributed by atoms with Gasteiger partial charge in [-0.3, -0.25) is 9.78 Å². The summed E-state index contributed by atoms with van der Waals surface area (Å²) in [5.74, 6) is 0.0718. The van der Waals surface area contributed by atoms with Gasteiger partial charge in [-0.2, -0.15) is 0 Å². The predicted octanol–water partition coefficient (Wildman–Crippen LogP) is 4.31. The van der Waals surface area contributed by atoms with Crippen LogP contribution in [-0.4, -0.2) is 29.7 Å². The normalized spacial score (nSPS) is 12.7. The van der Waals surface area contributed by atoms with E-state index in [-0.39, 0.29) is 18.0 Å². The number of hydrogen-bond acceptors (Lipinski definition) is 5. The van der Waals surface area contributed by atoms with Crippen molar-refractivity contribution in [1.29, 1.82) is 0 Å². The second kappa shape index (κ2) is 8.98. The lowest BCUT2D eigenvalue weighted by atomic mass is 9.85. The predicted molar refractivity (Wildman–Crippen MR) is 106 cm³/mol. The minimum Gasteiger partial charge on any atom is -0.475 e. The number of esters is 1. The van der Waals surface area contributed by atoms with Crippen molar-refractivity contribution in [1.82, 2.24) is 9.97 Å². The largest absolute Gasteiger partial charge is 0.475 e. The van der Waals surface area contributed by atoms with Crippen molar-refractivity contribution in [3.05, 3.63) is 53.5 Å². The van der Waals surface area contributed by atoms with Gasteiger partial charge < -0.3 is 9.47 Å². The summed E-state index contributed by atoms with van der Waals surface area (Å²) in [6, 6.07) is 8.05. The molecule has 0 spiro atoms. The lowest BCUT2D eigenvalue weighted by Crippen LogP contribution is -2.22. The number of methoxy groups -OCH3 is 1. The van der Waals surface area contributed by atoms with Crippen molar-refractivity contribution in [3.8, 4) is 5.88 Å². The fourth-order valence-corrected chi connectivity index (χ4v) is 2.82. The molecule has 0 bridgehead atoms. The molecular weight excluding hydrogens is 340 g/mol. The highest BCUT2D eigenvalue weighted by Crippen LogP contribution is 2.26. The summed E-state index contributed by atoms with van der Waals surface area (Å²) in [5, 5.41) is 0. The molecule has 0 N–H and O–H groups in total. The number of carbonyl (C=O) groups is 1. The Morgan fingerprint density at radius 2 is 1.70 bits per heavy atom. The molecule has 27 heavy (non-hydrogen) atoms. The van der Waals surface area contributed by atoms with Gasteiger partial charge in [0.25, 0.3) is 0 Å². The first-order chi connectivity index (χ1) is 12.7. The van der Waals surface area contributed by atoms with Gasteiger partial charge >= 0.3 is 5.97 Å². The Hall–Kier alpha value is -2.43. The van der Waals surface area contributed by atoms with E-state index < -0.39 is 5.92 Å². The summed E-state index contributed by atoms with van der Waals surface area (Å²) in [4.78, 5) is 21.0. The quantitative estimate of drug-likeness (QED) is 0.680. The van der Waals surface area contributed by atoms with E-state index in [0.29, 0.717) is 11.8 Å². The molecule has 0 aliphatic heterocycles. The number of nitrogens with zero attached hydrogens (tertiary/aromatic N) is 2. The number of aromatic nitrogens is 2. The number of carbonyl (C=O) groups excluding carboxylic acids is 1. The van der Waals surface area contributed by atoms with Gasteiger partial charge in [-0.25, -0.2) is 4.98 Å². The maximum absolute atomic E-state index is 12.3. The molecule has 0 aliphatic rings. The standard InChI is InChI=1S/C22H30N2O3/c1-15(2)13-19-20(24-12-11-23-19)27-14-18(21(25)26-6)16-7-9-17(10-8-16)22(3,4)5/h7-12,15,18H,13-14H2,1-6H3. The van der Waals surface area contributed by atoms with Gasteiger partial charge in [-0.1, -0.05) is 58.9 Å². The number of rotatable bonds is 7. The Kier molecular flexibility index (Phi) is 6.94. The van der Waals surface area contributed by atoms with E-state index in [9.17, 15) is 4.79 Å². The fraction of sp³-hybridized carbons (Fsp3) is 0.500. The van der Waals surface area contributed by atoms with Crippen LogP contribution in [0.2, 0.25) is 0 Å². The van der Waals surface area contributed by atoms with Gasteiger partial charge in [-0.05, 0) is 28.9 Å². The third-order valence-corrected chi connectivity index (χ3v) is 4.39. The molecule has 1 unspecified atom stereocenters. The molecule has 0 aliphatic carbocycles. The second-order valence-electron chi connectivity index (χ2n) is 8.16. The van der Waals surface area contributed by atoms with Crippen LogP contribution in [0, 0.1) is 5.92 Å². The lowest BCUT2D eigenvalue weighted by molar-refractivity contribution is -0.143. The maximum atomic E-state index is 12.3. The highest BCUT2D eigenvalue weighted by atomic mass is 16.5. The molecule has 2 aromatic rings. The van der Waals surface area contributed by atoms with Gasteiger partial charge in [0.2, 0.25) is 5.88 Å². The van der Waals surface area contributed by atoms with Gasteiger partial charge in [0.15, 0.2) is 0 Å². The summed E-state index contributed by atoms with van der Waals surface area (Å²) in [6.45, 7) is 10.9. The van der Waals surface area contributed by atoms with Crippen molar-refractivity contribution in [2.45, 2.75) is 52.4 Å². The molecule has 2 rings (SSSR count). The first-order valence-electron chi connectivity index (χ1n) is 9.33. The van der Waals surface area contributed by atoms with E-state index in [4.69, 9.17) is 9.47 Å². The van der Waals surface area contributed by atoms with E-state index >= 15 is 0 Å². The highest BCUT2D eigenvalue weighted by Gasteiger charge is 2.24. The third kappa shape index (κ3) is 5.78. The summed E-state index contributed by atoms with van der Waals surface area (Å²) in [7, 11) is 1.39. The zero-order chi connectivity index (χ0) is 20.0. The molecule has 0 saturated heterocycles. The van der Waals surface area contributed by atoms with Gasteiger partial charge in [-0.15, -0.1) is 0 Å². The zero-order valence-corrected chi connectivity index (χ0v) is 17.2. The fourth-order valence-electron chi connectivity index (χ4n) is 2.82. The smallest absolute Gasteiger partial charge is 0.316 e. The highest BCUT2D eigenvalue weighted by molar-refractivity contribution is 5.78. The van der Waals surface area contributed by atoms with E-state index in [0.717, 1.165) is 17.7 Å². The van der Waals surface area contributed by atoms with E-state index in [1.807, 2.05) is 12.1 Å².